The van der Waals surface area contributed by atoms with E-state index in [1.165, 1.54) is 12.0 Å². The molecule has 0 aliphatic carbocycles. The Hall–Kier alpha value is -1.58. The van der Waals surface area contributed by atoms with Gasteiger partial charge < -0.3 is 10.1 Å². The van der Waals surface area contributed by atoms with Crippen molar-refractivity contribution in [3.05, 3.63) is 23.4 Å². The summed E-state index contributed by atoms with van der Waals surface area (Å²) in [4.78, 5) is 4.50. The predicted molar refractivity (Wildman–Crippen MR) is 64.1 cm³/mol. The number of ether oxygens (including phenoxy) is 1. The molecule has 0 spiro atoms. The van der Waals surface area contributed by atoms with Crippen molar-refractivity contribution >= 4 is 11.7 Å². The zero-order valence-corrected chi connectivity index (χ0v) is 9.55. The van der Waals surface area contributed by atoms with E-state index in [-0.39, 0.29) is 5.90 Å². The summed E-state index contributed by atoms with van der Waals surface area (Å²) < 4.78 is 5.11. The minimum absolute atomic E-state index is 0.283. The maximum atomic E-state index is 7.58. The van der Waals surface area contributed by atoms with Crippen LogP contribution in [0.15, 0.2) is 12.1 Å². The molecule has 0 aromatic carbocycles. The molecule has 0 amide bonds. The quantitative estimate of drug-likeness (QED) is 0.604. The lowest BCUT2D eigenvalue weighted by Gasteiger charge is -2.17. The molecule has 1 aliphatic rings. The Morgan fingerprint density at radius 3 is 3.25 bits per heavy atom. The Balaban J connectivity index is 2.08. The first kappa shape index (κ1) is 10.9. The molecule has 4 nitrogen and oxygen atoms in total. The molecule has 2 rings (SSSR count). The van der Waals surface area contributed by atoms with Gasteiger partial charge >= 0.3 is 0 Å². The van der Waals surface area contributed by atoms with Gasteiger partial charge in [0.05, 0.1) is 18.7 Å². The van der Waals surface area contributed by atoms with Gasteiger partial charge in [-0.3, -0.25) is 5.41 Å². The van der Waals surface area contributed by atoms with Crippen molar-refractivity contribution in [2.75, 3.05) is 18.5 Å². The maximum absolute atomic E-state index is 7.58. The molecule has 0 bridgehead atoms. The lowest BCUT2D eigenvalue weighted by Crippen LogP contribution is -2.15. The summed E-state index contributed by atoms with van der Waals surface area (Å²) in [6, 6.07) is 4.09. The number of nitrogens with one attached hydrogen (secondary N) is 2. The van der Waals surface area contributed by atoms with Gasteiger partial charge in [0.15, 0.2) is 5.90 Å². The largest absolute Gasteiger partial charge is 0.481 e. The summed E-state index contributed by atoms with van der Waals surface area (Å²) in [7, 11) is 0. The number of hydrogen-bond donors (Lipinski definition) is 2. The number of nitrogens with zero attached hydrogens (tertiary/aromatic N) is 1. The Morgan fingerprint density at radius 1 is 1.56 bits per heavy atom. The van der Waals surface area contributed by atoms with Crippen LogP contribution >= 0.6 is 0 Å². The van der Waals surface area contributed by atoms with Crippen molar-refractivity contribution in [3.63, 3.8) is 0 Å². The van der Waals surface area contributed by atoms with Gasteiger partial charge in [0.1, 0.15) is 5.82 Å². The molecule has 2 heterocycles. The number of fused-ring (bicyclic) bond motifs is 1. The number of hydrogen-bond acceptors (Lipinski definition) is 4. The third-order valence-electron chi connectivity index (χ3n) is 2.61. The van der Waals surface area contributed by atoms with Gasteiger partial charge in [-0.25, -0.2) is 4.98 Å². The number of anilines is 1. The number of aryl methyl sites for hydroxylation is 1. The third kappa shape index (κ3) is 2.51. The average Bonchev–Trinajstić information content (AvgIpc) is 2.29. The van der Waals surface area contributed by atoms with E-state index in [9.17, 15) is 0 Å². The van der Waals surface area contributed by atoms with Crippen LogP contribution < -0.4 is 5.32 Å². The van der Waals surface area contributed by atoms with Gasteiger partial charge in [0.25, 0.3) is 0 Å². The molecule has 16 heavy (non-hydrogen) atoms. The fraction of sp³-hybridized carbons (Fsp3) is 0.500. The molecule has 0 saturated carbocycles. The van der Waals surface area contributed by atoms with Gasteiger partial charge in [0.2, 0.25) is 0 Å². The maximum Gasteiger partial charge on any atom is 0.186 e. The smallest absolute Gasteiger partial charge is 0.186 e. The Morgan fingerprint density at radius 2 is 2.44 bits per heavy atom. The summed E-state index contributed by atoms with van der Waals surface area (Å²) in [5, 5.41) is 10.9. The second-order valence-electron chi connectivity index (χ2n) is 3.87. The van der Waals surface area contributed by atoms with E-state index in [1.54, 1.807) is 0 Å². The normalized spacial score (nSPS) is 13.8. The lowest BCUT2D eigenvalue weighted by molar-refractivity contribution is 0.316. The van der Waals surface area contributed by atoms with Crippen LogP contribution in [0.5, 0.6) is 0 Å². The molecule has 0 radical (unpaired) electrons. The highest BCUT2D eigenvalue weighted by atomic mass is 16.5. The van der Waals surface area contributed by atoms with Crippen molar-refractivity contribution in [2.24, 2.45) is 0 Å². The van der Waals surface area contributed by atoms with Gasteiger partial charge in [-0.15, -0.1) is 0 Å². The second kappa shape index (κ2) is 4.96. The molecular formula is C12H17N3O. The van der Waals surface area contributed by atoms with Crippen molar-refractivity contribution in [3.8, 4) is 0 Å². The molecule has 86 valence electrons. The van der Waals surface area contributed by atoms with Crippen LogP contribution in [0.3, 0.4) is 0 Å². The van der Waals surface area contributed by atoms with E-state index in [0.717, 1.165) is 24.5 Å². The van der Waals surface area contributed by atoms with Crippen LogP contribution in [0.25, 0.3) is 0 Å². The minimum atomic E-state index is 0.283. The van der Waals surface area contributed by atoms with E-state index in [0.29, 0.717) is 13.0 Å². The fourth-order valence-corrected chi connectivity index (χ4v) is 1.86. The summed E-state index contributed by atoms with van der Waals surface area (Å²) in [5.74, 6) is 1.26. The Bertz CT molecular complexity index is 390. The molecule has 0 fully saturated rings. The predicted octanol–water partition coefficient (Wildman–Crippen LogP) is 2.00. The van der Waals surface area contributed by atoms with E-state index in [2.05, 4.69) is 16.4 Å². The van der Waals surface area contributed by atoms with Gasteiger partial charge in [-0.1, -0.05) is 6.07 Å². The van der Waals surface area contributed by atoms with Crippen molar-refractivity contribution in [1.82, 2.24) is 4.98 Å². The van der Waals surface area contributed by atoms with E-state index < -0.39 is 0 Å². The van der Waals surface area contributed by atoms with Crippen LogP contribution in [0, 0.1) is 5.41 Å². The van der Waals surface area contributed by atoms with Crippen LogP contribution in [0.4, 0.5) is 5.82 Å². The first-order valence-corrected chi connectivity index (χ1v) is 5.72. The van der Waals surface area contributed by atoms with Crippen LogP contribution in [0.2, 0.25) is 0 Å². The standard InChI is InChI=1S/C12H17N3O/c1-2-16-11(13)8-10-6-5-9-4-3-7-14-12(9)15-10/h5-6,13H,2-4,7-8H2,1H3,(H,14,15). The van der Waals surface area contributed by atoms with Crippen molar-refractivity contribution < 1.29 is 4.74 Å². The Labute approximate surface area is 95.5 Å². The molecule has 0 saturated heterocycles. The second-order valence-corrected chi connectivity index (χ2v) is 3.87. The number of pyridine rings is 1. The zero-order valence-electron chi connectivity index (χ0n) is 9.55. The number of aromatic nitrogens is 1. The van der Waals surface area contributed by atoms with E-state index >= 15 is 0 Å². The molecule has 0 unspecified atom stereocenters. The highest BCUT2D eigenvalue weighted by Crippen LogP contribution is 2.19. The van der Waals surface area contributed by atoms with E-state index in [4.69, 9.17) is 10.1 Å². The average molecular weight is 219 g/mol. The Kier molecular flexibility index (Phi) is 3.39. The highest BCUT2D eigenvalue weighted by molar-refractivity contribution is 5.75. The van der Waals surface area contributed by atoms with Gasteiger partial charge in [-0.05, 0) is 31.4 Å². The summed E-state index contributed by atoms with van der Waals surface area (Å²) in [6.07, 6.45) is 2.74. The van der Waals surface area contributed by atoms with Crippen molar-refractivity contribution in [1.29, 1.82) is 5.41 Å². The molecular weight excluding hydrogens is 202 g/mol. The van der Waals surface area contributed by atoms with Gasteiger partial charge in [-0.2, -0.15) is 0 Å². The van der Waals surface area contributed by atoms with Crippen LogP contribution in [-0.4, -0.2) is 24.0 Å². The first-order chi connectivity index (χ1) is 7.79. The molecule has 1 aliphatic heterocycles. The lowest BCUT2D eigenvalue weighted by atomic mass is 10.1. The molecule has 0 atom stereocenters. The first-order valence-electron chi connectivity index (χ1n) is 5.72. The zero-order chi connectivity index (χ0) is 11.4. The summed E-state index contributed by atoms with van der Waals surface area (Å²) in [6.45, 7) is 3.42. The topological polar surface area (TPSA) is 58.0 Å². The summed E-state index contributed by atoms with van der Waals surface area (Å²) >= 11 is 0. The van der Waals surface area contributed by atoms with Crippen LogP contribution in [0.1, 0.15) is 24.6 Å². The van der Waals surface area contributed by atoms with Gasteiger partial charge in [0, 0.05) is 6.54 Å². The third-order valence-corrected chi connectivity index (χ3v) is 2.61. The minimum Gasteiger partial charge on any atom is -0.481 e. The van der Waals surface area contributed by atoms with Crippen LogP contribution in [-0.2, 0) is 17.6 Å². The molecule has 2 N–H and O–H groups in total. The SMILES string of the molecule is CCOC(=N)Cc1ccc2c(n1)NCCC2. The summed E-state index contributed by atoms with van der Waals surface area (Å²) in [5.41, 5.74) is 2.17. The molecule has 4 heteroatoms. The van der Waals surface area contributed by atoms with E-state index in [1.807, 2.05) is 13.0 Å². The fourth-order valence-electron chi connectivity index (χ4n) is 1.86. The molecule has 1 aromatic rings. The van der Waals surface area contributed by atoms with Crippen molar-refractivity contribution in [2.45, 2.75) is 26.2 Å². The highest BCUT2D eigenvalue weighted by Gasteiger charge is 2.11. The number of rotatable bonds is 3. The molecule has 1 aromatic heterocycles. The monoisotopic (exact) mass is 219 g/mol.